The van der Waals surface area contributed by atoms with Crippen LogP contribution in [0.4, 0.5) is 0 Å². The number of aliphatic hydroxyl groups is 1. The number of aliphatic hydroxyl groups excluding tert-OH is 1. The van der Waals surface area contributed by atoms with Gasteiger partial charge in [0.1, 0.15) is 29.0 Å². The van der Waals surface area contributed by atoms with Crippen molar-refractivity contribution in [1.82, 2.24) is 5.32 Å². The number of furan rings is 2. The lowest BCUT2D eigenvalue weighted by Gasteiger charge is -2.08. The molecule has 120 valence electrons. The number of aryl methyl sites for hydroxylation is 2. The summed E-state index contributed by atoms with van der Waals surface area (Å²) >= 11 is 0. The molecule has 5 heteroatoms. The normalized spacial score (nSPS) is 12.5. The molecule has 1 aromatic carbocycles. The first kappa shape index (κ1) is 15.4. The molecule has 0 saturated carbocycles. The highest BCUT2D eigenvalue weighted by Crippen LogP contribution is 2.25. The van der Waals surface area contributed by atoms with Gasteiger partial charge in [-0.05, 0) is 38.5 Å². The molecule has 0 radical (unpaired) electrons. The Kier molecular flexibility index (Phi) is 4.21. The molecule has 0 spiro atoms. The van der Waals surface area contributed by atoms with Crippen LogP contribution in [0.25, 0.3) is 11.0 Å². The van der Waals surface area contributed by atoms with Gasteiger partial charge in [0.15, 0.2) is 0 Å². The van der Waals surface area contributed by atoms with Gasteiger partial charge < -0.3 is 19.3 Å². The Labute approximate surface area is 133 Å². The van der Waals surface area contributed by atoms with E-state index in [-0.39, 0.29) is 5.91 Å². The molecule has 2 heterocycles. The summed E-state index contributed by atoms with van der Waals surface area (Å²) in [6, 6.07) is 11.1. The number of nitrogens with one attached hydrogen (secondary N) is 1. The Bertz CT molecular complexity index is 798. The van der Waals surface area contributed by atoms with E-state index in [1.54, 1.807) is 19.9 Å². The first-order chi connectivity index (χ1) is 11.0. The number of carbonyl (C=O) groups is 1. The van der Waals surface area contributed by atoms with Gasteiger partial charge >= 0.3 is 0 Å². The van der Waals surface area contributed by atoms with E-state index in [9.17, 15) is 9.90 Å². The van der Waals surface area contributed by atoms with E-state index in [0.29, 0.717) is 35.8 Å². The number of hydrogen-bond acceptors (Lipinski definition) is 4. The molecule has 3 aromatic rings. The van der Waals surface area contributed by atoms with Crippen LogP contribution in [-0.4, -0.2) is 17.6 Å². The van der Waals surface area contributed by atoms with Crippen LogP contribution in [0.1, 0.15) is 40.2 Å². The van der Waals surface area contributed by atoms with E-state index in [1.807, 2.05) is 30.3 Å². The number of para-hydroxylation sites is 1. The van der Waals surface area contributed by atoms with Gasteiger partial charge in [0.25, 0.3) is 5.91 Å². The van der Waals surface area contributed by atoms with Crippen LogP contribution in [0.3, 0.4) is 0 Å². The summed E-state index contributed by atoms with van der Waals surface area (Å²) < 4.78 is 11.0. The zero-order valence-corrected chi connectivity index (χ0v) is 13.1. The quantitative estimate of drug-likeness (QED) is 0.756. The van der Waals surface area contributed by atoms with Gasteiger partial charge in [0.05, 0.1) is 5.56 Å². The minimum Gasteiger partial charge on any atom is -0.466 e. The van der Waals surface area contributed by atoms with E-state index in [0.717, 1.165) is 11.0 Å². The molecule has 0 aliphatic carbocycles. The fourth-order valence-electron chi connectivity index (χ4n) is 2.58. The number of carbonyl (C=O) groups excluding carboxylic acids is 1. The van der Waals surface area contributed by atoms with E-state index in [4.69, 9.17) is 8.83 Å². The number of benzene rings is 1. The fourth-order valence-corrected chi connectivity index (χ4v) is 2.58. The SMILES string of the molecule is Cc1cc(C(=O)NCC[C@@H](O)c2cc3ccccc3o2)c(C)o1. The summed E-state index contributed by atoms with van der Waals surface area (Å²) in [4.78, 5) is 12.1. The van der Waals surface area contributed by atoms with E-state index < -0.39 is 6.10 Å². The first-order valence-corrected chi connectivity index (χ1v) is 7.56. The van der Waals surface area contributed by atoms with Gasteiger partial charge in [-0.1, -0.05) is 18.2 Å². The maximum atomic E-state index is 12.1. The van der Waals surface area contributed by atoms with Crippen molar-refractivity contribution < 1.29 is 18.7 Å². The highest BCUT2D eigenvalue weighted by Gasteiger charge is 2.16. The summed E-state index contributed by atoms with van der Waals surface area (Å²) in [5.41, 5.74) is 1.27. The van der Waals surface area contributed by atoms with Gasteiger partial charge in [0.2, 0.25) is 0 Å². The fraction of sp³-hybridized carbons (Fsp3) is 0.278. The monoisotopic (exact) mass is 313 g/mol. The molecule has 2 N–H and O–H groups in total. The summed E-state index contributed by atoms with van der Waals surface area (Å²) in [5.74, 6) is 1.61. The summed E-state index contributed by atoms with van der Waals surface area (Å²) in [6.07, 6.45) is -0.378. The molecular weight excluding hydrogens is 294 g/mol. The van der Waals surface area contributed by atoms with Crippen LogP contribution in [0.5, 0.6) is 0 Å². The summed E-state index contributed by atoms with van der Waals surface area (Å²) in [7, 11) is 0. The molecule has 0 fully saturated rings. The third kappa shape index (κ3) is 3.29. The van der Waals surface area contributed by atoms with Crippen LogP contribution in [-0.2, 0) is 0 Å². The lowest BCUT2D eigenvalue weighted by atomic mass is 10.1. The Morgan fingerprint density at radius 1 is 1.22 bits per heavy atom. The van der Waals surface area contributed by atoms with Crippen molar-refractivity contribution in [2.24, 2.45) is 0 Å². The Balaban J connectivity index is 1.57. The van der Waals surface area contributed by atoms with Crippen LogP contribution >= 0.6 is 0 Å². The Hall–Kier alpha value is -2.53. The molecule has 0 unspecified atom stereocenters. The van der Waals surface area contributed by atoms with E-state index in [1.165, 1.54) is 0 Å². The predicted molar refractivity (Wildman–Crippen MR) is 86.3 cm³/mol. The summed E-state index contributed by atoms with van der Waals surface area (Å²) in [5, 5.41) is 13.9. The molecule has 2 aromatic heterocycles. The van der Waals surface area contributed by atoms with Gasteiger partial charge in [-0.3, -0.25) is 4.79 Å². The number of amides is 1. The van der Waals surface area contributed by atoms with Crippen molar-refractivity contribution in [3.05, 3.63) is 59.2 Å². The minimum atomic E-state index is -0.755. The lowest BCUT2D eigenvalue weighted by Crippen LogP contribution is -2.25. The number of rotatable bonds is 5. The first-order valence-electron chi connectivity index (χ1n) is 7.56. The van der Waals surface area contributed by atoms with E-state index >= 15 is 0 Å². The predicted octanol–water partition coefficient (Wildman–Crippen LogP) is 3.50. The average Bonchev–Trinajstić information content (AvgIpc) is 3.09. The topological polar surface area (TPSA) is 75.6 Å². The van der Waals surface area contributed by atoms with Gasteiger partial charge in [0, 0.05) is 11.9 Å². The van der Waals surface area contributed by atoms with Crippen LogP contribution in [0.2, 0.25) is 0 Å². The highest BCUT2D eigenvalue weighted by atomic mass is 16.4. The molecule has 0 saturated heterocycles. The second kappa shape index (κ2) is 6.30. The van der Waals surface area contributed by atoms with Crippen molar-refractivity contribution in [3.8, 4) is 0 Å². The largest absolute Gasteiger partial charge is 0.466 e. The minimum absolute atomic E-state index is 0.198. The molecule has 1 amide bonds. The van der Waals surface area contributed by atoms with Gasteiger partial charge in [-0.15, -0.1) is 0 Å². The second-order valence-electron chi connectivity index (χ2n) is 5.57. The second-order valence-corrected chi connectivity index (χ2v) is 5.57. The maximum absolute atomic E-state index is 12.1. The van der Waals surface area contributed by atoms with Gasteiger partial charge in [-0.25, -0.2) is 0 Å². The third-order valence-electron chi connectivity index (χ3n) is 3.76. The van der Waals surface area contributed by atoms with Crippen molar-refractivity contribution >= 4 is 16.9 Å². The molecule has 0 aliphatic heterocycles. The van der Waals surface area contributed by atoms with Crippen LogP contribution in [0.15, 0.2) is 45.2 Å². The molecule has 0 bridgehead atoms. The maximum Gasteiger partial charge on any atom is 0.254 e. The van der Waals surface area contributed by atoms with E-state index in [2.05, 4.69) is 5.32 Å². The highest BCUT2D eigenvalue weighted by molar-refractivity contribution is 5.95. The summed E-state index contributed by atoms with van der Waals surface area (Å²) in [6.45, 7) is 3.90. The van der Waals surface area contributed by atoms with Crippen molar-refractivity contribution in [2.45, 2.75) is 26.4 Å². The van der Waals surface area contributed by atoms with Crippen LogP contribution < -0.4 is 5.32 Å². The van der Waals surface area contributed by atoms with Crippen LogP contribution in [0, 0.1) is 13.8 Å². The smallest absolute Gasteiger partial charge is 0.254 e. The molecule has 3 rings (SSSR count). The van der Waals surface area contributed by atoms with Crippen molar-refractivity contribution in [3.63, 3.8) is 0 Å². The van der Waals surface area contributed by atoms with Crippen molar-refractivity contribution in [1.29, 1.82) is 0 Å². The molecule has 0 aliphatic rings. The average molecular weight is 313 g/mol. The third-order valence-corrected chi connectivity index (χ3v) is 3.76. The Morgan fingerprint density at radius 2 is 2.00 bits per heavy atom. The van der Waals surface area contributed by atoms with Crippen molar-refractivity contribution in [2.75, 3.05) is 6.54 Å². The zero-order valence-electron chi connectivity index (χ0n) is 13.1. The number of hydrogen-bond donors (Lipinski definition) is 2. The zero-order chi connectivity index (χ0) is 16.4. The van der Waals surface area contributed by atoms with Gasteiger partial charge in [-0.2, -0.15) is 0 Å². The standard InChI is InChI=1S/C18H19NO4/c1-11-9-14(12(2)22-11)18(21)19-8-7-15(20)17-10-13-5-3-4-6-16(13)23-17/h3-6,9-10,15,20H,7-8H2,1-2H3,(H,19,21)/t15-/m1/s1. The molecule has 1 atom stereocenters. The number of fused-ring (bicyclic) bond motifs is 1. The molecule has 23 heavy (non-hydrogen) atoms. The molecular formula is C18H19NO4. The lowest BCUT2D eigenvalue weighted by molar-refractivity contribution is 0.0935. The Morgan fingerprint density at radius 3 is 2.70 bits per heavy atom. The molecule has 5 nitrogen and oxygen atoms in total.